The molecule has 0 saturated heterocycles. The van der Waals surface area contributed by atoms with Crippen LogP contribution in [0.1, 0.15) is 33.4 Å². The number of hydrogen-bond donors (Lipinski definition) is 6. The molecule has 0 heterocycles. The molecule has 7 rings (SSSR count). The Balaban J connectivity index is 1.19. The molecule has 6 nitrogen and oxygen atoms in total. The SMILES string of the molecule is N=C(/C=C\C(=N)c1ccc(-c2cccc(-c3ccc(C(=N)/C=C\C(=N)c4ccccc4)cc3)c2-c2ccc(C(=N)/C=C\C(=N)c3ccccc3)cc2)cc1)c1ccccc1. The second-order valence-electron chi connectivity index (χ2n) is 14.0. The summed E-state index contributed by atoms with van der Waals surface area (Å²) in [5, 5.41) is 51.4. The molecular formula is C54H42N6. The molecule has 0 amide bonds. The molecule has 0 aliphatic carbocycles. The molecule has 0 saturated carbocycles. The maximum Gasteiger partial charge on any atom is 0.0612 e. The largest absolute Gasteiger partial charge is 0.300 e. The Morgan fingerprint density at radius 3 is 0.733 bits per heavy atom. The van der Waals surface area contributed by atoms with Crippen LogP contribution < -0.4 is 0 Å². The highest BCUT2D eigenvalue weighted by molar-refractivity contribution is 6.16. The van der Waals surface area contributed by atoms with Gasteiger partial charge in [-0.15, -0.1) is 0 Å². The Labute approximate surface area is 350 Å². The molecule has 0 aliphatic heterocycles. The molecule has 7 aromatic carbocycles. The standard InChI is InChI=1S/C54H42N6/c55-48(39-11-4-1-5-12-39)31-34-51(58)42-23-19-37(20-24-42)46-17-10-18-47(38-21-25-43(26-22-38)52(59)35-32-49(56)40-13-6-2-7-14-40)54(46)45-29-27-44(28-30-45)53(60)36-33-50(57)41-15-8-3-9-16-41/h1-36,55-60H/b34-31-,35-32-,36-33-,55-48?,56-49?,57-50?,58-51?,59-52?,60-53?. The average molecular weight is 775 g/mol. The van der Waals surface area contributed by atoms with E-state index in [9.17, 15) is 0 Å². The number of allylic oxidation sites excluding steroid dienone is 6. The number of nitrogens with one attached hydrogen (secondary N) is 6. The fourth-order valence-electron chi connectivity index (χ4n) is 6.75. The van der Waals surface area contributed by atoms with Gasteiger partial charge in [-0.25, -0.2) is 0 Å². The summed E-state index contributed by atoms with van der Waals surface area (Å²) in [7, 11) is 0. The summed E-state index contributed by atoms with van der Waals surface area (Å²) in [4.78, 5) is 0. The fraction of sp³-hybridized carbons (Fsp3) is 0. The van der Waals surface area contributed by atoms with Crippen molar-refractivity contribution in [2.24, 2.45) is 0 Å². The molecule has 7 aromatic rings. The van der Waals surface area contributed by atoms with E-state index in [1.54, 1.807) is 36.5 Å². The molecule has 6 heteroatoms. The number of benzene rings is 7. The molecule has 288 valence electrons. The van der Waals surface area contributed by atoms with Gasteiger partial charge < -0.3 is 32.5 Å². The van der Waals surface area contributed by atoms with Gasteiger partial charge in [-0.05, 0) is 103 Å². The first-order valence-electron chi connectivity index (χ1n) is 19.4. The fourth-order valence-corrected chi connectivity index (χ4v) is 6.75. The lowest BCUT2D eigenvalue weighted by molar-refractivity contribution is 1.47. The van der Waals surface area contributed by atoms with Crippen LogP contribution in [-0.2, 0) is 0 Å². The van der Waals surface area contributed by atoms with E-state index < -0.39 is 0 Å². The van der Waals surface area contributed by atoms with Crippen molar-refractivity contribution in [3.8, 4) is 33.4 Å². The first-order chi connectivity index (χ1) is 29.2. The van der Waals surface area contributed by atoms with Crippen LogP contribution >= 0.6 is 0 Å². The lowest BCUT2D eigenvalue weighted by Crippen LogP contribution is -1.99. The predicted molar refractivity (Wildman–Crippen MR) is 250 cm³/mol. The van der Waals surface area contributed by atoms with Crippen LogP contribution in [0.5, 0.6) is 0 Å². The Bertz CT molecular complexity index is 2660. The van der Waals surface area contributed by atoms with Crippen LogP contribution in [0.15, 0.2) is 218 Å². The number of rotatable bonds is 15. The van der Waals surface area contributed by atoms with E-state index in [1.807, 2.05) is 170 Å². The van der Waals surface area contributed by atoms with Gasteiger partial charge in [0.05, 0.1) is 34.3 Å². The maximum absolute atomic E-state index is 8.77. The monoisotopic (exact) mass is 774 g/mol. The Kier molecular flexibility index (Phi) is 12.5. The quantitative estimate of drug-likeness (QED) is 0.0552. The zero-order valence-corrected chi connectivity index (χ0v) is 32.8. The highest BCUT2D eigenvalue weighted by Gasteiger charge is 2.16. The van der Waals surface area contributed by atoms with Crippen LogP contribution in [-0.4, -0.2) is 34.3 Å². The second-order valence-corrected chi connectivity index (χ2v) is 14.0. The van der Waals surface area contributed by atoms with E-state index in [4.69, 9.17) is 32.5 Å². The van der Waals surface area contributed by atoms with E-state index in [-0.39, 0.29) is 0 Å². The van der Waals surface area contributed by atoms with Crippen molar-refractivity contribution < 1.29 is 0 Å². The van der Waals surface area contributed by atoms with Crippen LogP contribution in [0, 0.1) is 32.5 Å². The van der Waals surface area contributed by atoms with Gasteiger partial charge in [0.15, 0.2) is 0 Å². The minimum atomic E-state index is 0.299. The van der Waals surface area contributed by atoms with Crippen molar-refractivity contribution in [3.05, 3.63) is 252 Å². The van der Waals surface area contributed by atoms with Crippen molar-refractivity contribution >= 4 is 34.3 Å². The van der Waals surface area contributed by atoms with Crippen molar-refractivity contribution in [1.29, 1.82) is 32.5 Å². The van der Waals surface area contributed by atoms with E-state index in [1.165, 1.54) is 0 Å². The summed E-state index contributed by atoms with van der Waals surface area (Å²) in [5.41, 5.74) is 12.3. The lowest BCUT2D eigenvalue weighted by atomic mass is 9.86. The smallest absolute Gasteiger partial charge is 0.0612 e. The Morgan fingerprint density at radius 1 is 0.233 bits per heavy atom. The van der Waals surface area contributed by atoms with Gasteiger partial charge in [0.1, 0.15) is 0 Å². The summed E-state index contributed by atoms with van der Waals surface area (Å²) in [5.74, 6) is 0. The van der Waals surface area contributed by atoms with Gasteiger partial charge in [-0.3, -0.25) is 0 Å². The molecule has 0 spiro atoms. The van der Waals surface area contributed by atoms with E-state index in [0.717, 1.165) is 66.8 Å². The summed E-state index contributed by atoms with van der Waals surface area (Å²) in [6.07, 6.45) is 9.92. The van der Waals surface area contributed by atoms with Crippen LogP contribution in [0.25, 0.3) is 33.4 Å². The van der Waals surface area contributed by atoms with Crippen molar-refractivity contribution in [3.63, 3.8) is 0 Å². The van der Waals surface area contributed by atoms with Crippen LogP contribution in [0.3, 0.4) is 0 Å². The number of hydrogen-bond acceptors (Lipinski definition) is 6. The van der Waals surface area contributed by atoms with E-state index in [2.05, 4.69) is 12.1 Å². The van der Waals surface area contributed by atoms with Gasteiger partial charge in [0.25, 0.3) is 0 Å². The van der Waals surface area contributed by atoms with Crippen LogP contribution in [0.4, 0.5) is 0 Å². The highest BCUT2D eigenvalue weighted by atomic mass is 14.4. The summed E-state index contributed by atoms with van der Waals surface area (Å²) < 4.78 is 0. The summed E-state index contributed by atoms with van der Waals surface area (Å²) >= 11 is 0. The lowest BCUT2D eigenvalue weighted by Gasteiger charge is -2.17. The molecule has 0 unspecified atom stereocenters. The summed E-state index contributed by atoms with van der Waals surface area (Å²) in [6, 6.07) is 58.3. The van der Waals surface area contributed by atoms with Gasteiger partial charge in [0.2, 0.25) is 0 Å². The molecule has 0 aromatic heterocycles. The van der Waals surface area contributed by atoms with E-state index >= 15 is 0 Å². The minimum Gasteiger partial charge on any atom is -0.300 e. The molecule has 60 heavy (non-hydrogen) atoms. The molecule has 0 radical (unpaired) electrons. The van der Waals surface area contributed by atoms with Gasteiger partial charge in [-0.1, -0.05) is 182 Å². The predicted octanol–water partition coefficient (Wildman–Crippen LogP) is 12.7. The third kappa shape index (κ3) is 9.65. The molecule has 0 bridgehead atoms. The zero-order valence-electron chi connectivity index (χ0n) is 32.8. The van der Waals surface area contributed by atoms with Crippen molar-refractivity contribution in [2.45, 2.75) is 0 Å². The summed E-state index contributed by atoms with van der Waals surface area (Å²) in [6.45, 7) is 0. The average Bonchev–Trinajstić information content (AvgIpc) is 3.32. The molecule has 6 N–H and O–H groups in total. The molecule has 0 fully saturated rings. The van der Waals surface area contributed by atoms with E-state index in [0.29, 0.717) is 34.3 Å². The van der Waals surface area contributed by atoms with Crippen LogP contribution in [0.2, 0.25) is 0 Å². The van der Waals surface area contributed by atoms with Gasteiger partial charge in [0, 0.05) is 0 Å². The topological polar surface area (TPSA) is 143 Å². The Hall–Kier alpha value is -8.22. The maximum atomic E-state index is 8.77. The first kappa shape index (κ1) is 40.0. The third-order valence-electron chi connectivity index (χ3n) is 10.1. The zero-order chi connectivity index (χ0) is 41.8. The van der Waals surface area contributed by atoms with Crippen molar-refractivity contribution in [2.75, 3.05) is 0 Å². The van der Waals surface area contributed by atoms with Gasteiger partial charge >= 0.3 is 0 Å². The third-order valence-corrected chi connectivity index (χ3v) is 10.1. The molecule has 0 atom stereocenters. The molecular weight excluding hydrogens is 733 g/mol. The van der Waals surface area contributed by atoms with Crippen molar-refractivity contribution in [1.82, 2.24) is 0 Å². The minimum absolute atomic E-state index is 0.299. The highest BCUT2D eigenvalue weighted by Crippen LogP contribution is 2.40. The normalized spacial score (nSPS) is 11.2. The first-order valence-corrected chi connectivity index (χ1v) is 19.4. The van der Waals surface area contributed by atoms with Gasteiger partial charge in [-0.2, -0.15) is 0 Å². The second kappa shape index (κ2) is 18.8. The molecule has 0 aliphatic rings. The Morgan fingerprint density at radius 2 is 0.467 bits per heavy atom.